The number of alkyl halides is 1. The molecule has 0 aliphatic carbocycles. The number of hydrogen-bond acceptors (Lipinski definition) is 4. The van der Waals surface area contributed by atoms with Crippen LogP contribution in [0.4, 0.5) is 0 Å². The van der Waals surface area contributed by atoms with Crippen molar-refractivity contribution in [2.75, 3.05) is 11.9 Å². The number of halogens is 1. The molecular weight excluding hydrogens is 312 g/mol. The summed E-state index contributed by atoms with van der Waals surface area (Å²) in [5.41, 5.74) is 2.10. The van der Waals surface area contributed by atoms with Gasteiger partial charge >= 0.3 is 11.9 Å². The number of esters is 2. The summed E-state index contributed by atoms with van der Waals surface area (Å²) in [5.74, 6) is -0.618. The maximum atomic E-state index is 11.1. The van der Waals surface area contributed by atoms with Crippen LogP contribution in [0.2, 0.25) is 0 Å². The van der Waals surface area contributed by atoms with E-state index in [1.54, 1.807) is 0 Å². The predicted octanol–water partition coefficient (Wildman–Crippen LogP) is 3.16. The van der Waals surface area contributed by atoms with Gasteiger partial charge in [0.2, 0.25) is 0 Å². The summed E-state index contributed by atoms with van der Waals surface area (Å²) in [6, 6.07) is 0. The molecule has 0 N–H and O–H groups in total. The Balaban J connectivity index is 4.53. The molecule has 0 aromatic heterocycles. The quantitative estimate of drug-likeness (QED) is 0.408. The number of carbonyl (C=O) groups is 2. The van der Waals surface area contributed by atoms with E-state index >= 15 is 0 Å². The number of allylic oxidation sites excluding steroid dienone is 1. The van der Waals surface area contributed by atoms with E-state index in [0.717, 1.165) is 16.5 Å². The van der Waals surface area contributed by atoms with E-state index in [9.17, 15) is 9.59 Å². The molecule has 0 saturated heterocycles. The van der Waals surface area contributed by atoms with Gasteiger partial charge < -0.3 is 9.47 Å². The fraction of sp³-hybridized carbons (Fsp3) is 0.571. The number of rotatable bonds is 7. The molecule has 0 spiro atoms. The first-order chi connectivity index (χ1) is 8.85. The standard InChI is InChI=1S/C14H21BrO4/c1-10(5-6-18-12(3)16)7-14(19-13(4)17)8-11(2)9-15/h5,8,14H,6-7,9H2,1-4H3/b10-5-,11-8+. The summed E-state index contributed by atoms with van der Waals surface area (Å²) < 4.78 is 10.1. The first kappa shape index (κ1) is 17.9. The maximum Gasteiger partial charge on any atom is 0.303 e. The van der Waals surface area contributed by atoms with Gasteiger partial charge in [-0.25, -0.2) is 0 Å². The molecule has 0 aliphatic rings. The second-order valence-electron chi connectivity index (χ2n) is 4.35. The highest BCUT2D eigenvalue weighted by molar-refractivity contribution is 9.09. The largest absolute Gasteiger partial charge is 0.462 e. The lowest BCUT2D eigenvalue weighted by atomic mass is 10.1. The van der Waals surface area contributed by atoms with Crippen LogP contribution in [0.15, 0.2) is 23.3 Å². The zero-order valence-electron chi connectivity index (χ0n) is 11.9. The van der Waals surface area contributed by atoms with Crippen molar-refractivity contribution in [3.05, 3.63) is 23.3 Å². The lowest BCUT2D eigenvalue weighted by molar-refractivity contribution is -0.144. The van der Waals surface area contributed by atoms with Crippen LogP contribution in [0.5, 0.6) is 0 Å². The first-order valence-corrected chi connectivity index (χ1v) is 7.16. The molecule has 108 valence electrons. The highest BCUT2D eigenvalue weighted by atomic mass is 79.9. The Morgan fingerprint density at radius 1 is 1.11 bits per heavy atom. The van der Waals surface area contributed by atoms with Crippen LogP contribution >= 0.6 is 15.9 Å². The molecule has 0 bridgehead atoms. The van der Waals surface area contributed by atoms with Gasteiger partial charge in [0.15, 0.2) is 0 Å². The zero-order valence-corrected chi connectivity index (χ0v) is 13.5. The van der Waals surface area contributed by atoms with Crippen molar-refractivity contribution >= 4 is 27.9 Å². The third kappa shape index (κ3) is 10.5. The average Bonchev–Trinajstić information content (AvgIpc) is 2.27. The minimum atomic E-state index is -0.310. The van der Waals surface area contributed by atoms with E-state index in [0.29, 0.717) is 6.42 Å². The van der Waals surface area contributed by atoms with Gasteiger partial charge in [-0.05, 0) is 26.0 Å². The molecule has 0 saturated carbocycles. The fourth-order valence-electron chi connectivity index (χ4n) is 1.41. The summed E-state index contributed by atoms with van der Waals surface area (Å²) in [4.78, 5) is 21.7. The van der Waals surface area contributed by atoms with Crippen LogP contribution in [0, 0.1) is 0 Å². The molecule has 1 unspecified atom stereocenters. The summed E-state index contributed by atoms with van der Waals surface area (Å²) in [7, 11) is 0. The average molecular weight is 333 g/mol. The van der Waals surface area contributed by atoms with Gasteiger partial charge in [-0.15, -0.1) is 0 Å². The summed E-state index contributed by atoms with van der Waals surface area (Å²) in [6.45, 7) is 6.88. The second kappa shape index (κ2) is 9.78. The Hall–Kier alpha value is -1.10. The number of carbonyl (C=O) groups excluding carboxylic acids is 2. The van der Waals surface area contributed by atoms with Crippen LogP contribution in [-0.4, -0.2) is 30.0 Å². The molecule has 0 amide bonds. The summed E-state index contributed by atoms with van der Waals surface area (Å²) in [5, 5.41) is 0.737. The van der Waals surface area contributed by atoms with Crippen LogP contribution in [0.3, 0.4) is 0 Å². The molecule has 19 heavy (non-hydrogen) atoms. The van der Waals surface area contributed by atoms with Crippen molar-refractivity contribution in [1.29, 1.82) is 0 Å². The third-order valence-corrected chi connectivity index (χ3v) is 3.12. The van der Waals surface area contributed by atoms with Gasteiger partial charge in [0.1, 0.15) is 12.7 Å². The lowest BCUT2D eigenvalue weighted by Gasteiger charge is -2.14. The van der Waals surface area contributed by atoms with Gasteiger partial charge in [0.25, 0.3) is 0 Å². The van der Waals surface area contributed by atoms with Crippen molar-refractivity contribution in [1.82, 2.24) is 0 Å². The van der Waals surface area contributed by atoms with Gasteiger partial charge in [-0.3, -0.25) is 9.59 Å². The molecule has 0 rings (SSSR count). The Bertz CT molecular complexity index is 372. The van der Waals surface area contributed by atoms with Crippen LogP contribution in [0.25, 0.3) is 0 Å². The summed E-state index contributed by atoms with van der Waals surface area (Å²) in [6.07, 6.45) is 4.03. The molecular formula is C14H21BrO4. The molecule has 1 atom stereocenters. The molecule has 0 fully saturated rings. The minimum Gasteiger partial charge on any atom is -0.462 e. The van der Waals surface area contributed by atoms with Gasteiger partial charge in [-0.1, -0.05) is 27.1 Å². The first-order valence-electron chi connectivity index (χ1n) is 6.04. The zero-order chi connectivity index (χ0) is 14.8. The Labute approximate surface area is 123 Å². The van der Waals surface area contributed by atoms with Crippen molar-refractivity contribution in [2.24, 2.45) is 0 Å². The van der Waals surface area contributed by atoms with E-state index in [1.165, 1.54) is 13.8 Å². The van der Waals surface area contributed by atoms with Crippen molar-refractivity contribution in [3.8, 4) is 0 Å². The van der Waals surface area contributed by atoms with E-state index < -0.39 is 0 Å². The minimum absolute atomic E-state index is 0.245. The molecule has 0 radical (unpaired) electrons. The highest BCUT2D eigenvalue weighted by Crippen LogP contribution is 2.13. The number of ether oxygens (including phenoxy) is 2. The fourth-order valence-corrected chi connectivity index (χ4v) is 1.60. The van der Waals surface area contributed by atoms with E-state index in [4.69, 9.17) is 9.47 Å². The Morgan fingerprint density at radius 2 is 1.74 bits per heavy atom. The summed E-state index contributed by atoms with van der Waals surface area (Å²) >= 11 is 3.35. The number of hydrogen-bond donors (Lipinski definition) is 0. The third-order valence-electron chi connectivity index (χ3n) is 2.24. The molecule has 0 aliphatic heterocycles. The molecule has 5 heteroatoms. The SMILES string of the molecule is CC(=O)OC/C=C(/C)CC(/C=C(\C)CBr)OC(C)=O. The Morgan fingerprint density at radius 3 is 2.21 bits per heavy atom. The van der Waals surface area contributed by atoms with Gasteiger partial charge in [0, 0.05) is 25.6 Å². The van der Waals surface area contributed by atoms with Gasteiger partial charge in [-0.2, -0.15) is 0 Å². The van der Waals surface area contributed by atoms with Crippen LogP contribution in [0.1, 0.15) is 34.1 Å². The van der Waals surface area contributed by atoms with E-state index in [-0.39, 0.29) is 24.6 Å². The highest BCUT2D eigenvalue weighted by Gasteiger charge is 2.10. The monoisotopic (exact) mass is 332 g/mol. The second-order valence-corrected chi connectivity index (χ2v) is 4.91. The molecule has 4 nitrogen and oxygen atoms in total. The van der Waals surface area contributed by atoms with Crippen molar-refractivity contribution in [2.45, 2.75) is 40.2 Å². The normalized spacial score (nSPS) is 13.9. The lowest BCUT2D eigenvalue weighted by Crippen LogP contribution is -2.15. The smallest absolute Gasteiger partial charge is 0.303 e. The maximum absolute atomic E-state index is 11.1. The van der Waals surface area contributed by atoms with E-state index in [2.05, 4.69) is 15.9 Å². The molecule has 0 heterocycles. The van der Waals surface area contributed by atoms with Crippen molar-refractivity contribution in [3.63, 3.8) is 0 Å². The van der Waals surface area contributed by atoms with Crippen molar-refractivity contribution < 1.29 is 19.1 Å². The predicted molar refractivity (Wildman–Crippen MR) is 78.1 cm³/mol. The van der Waals surface area contributed by atoms with Crippen LogP contribution in [-0.2, 0) is 19.1 Å². The topological polar surface area (TPSA) is 52.6 Å². The van der Waals surface area contributed by atoms with Gasteiger partial charge in [0.05, 0.1) is 0 Å². The van der Waals surface area contributed by atoms with Crippen LogP contribution < -0.4 is 0 Å². The molecule has 0 aromatic rings. The molecule has 0 aromatic carbocycles. The van der Waals surface area contributed by atoms with E-state index in [1.807, 2.05) is 26.0 Å². The Kier molecular flexibility index (Phi) is 9.21.